The fraction of sp³-hybridized carbons (Fsp3) is 0.733. The molecule has 2 N–H and O–H groups in total. The smallest absolute Gasteiger partial charge is 0.251 e. The lowest BCUT2D eigenvalue weighted by molar-refractivity contribution is 0.0181. The topological polar surface area (TPSA) is 69.2 Å². The summed E-state index contributed by atoms with van der Waals surface area (Å²) >= 11 is 0. The van der Waals surface area contributed by atoms with Crippen LogP contribution in [0.2, 0.25) is 0 Å². The van der Waals surface area contributed by atoms with E-state index in [4.69, 9.17) is 0 Å². The molecule has 2 rings (SSSR count). The fourth-order valence-electron chi connectivity index (χ4n) is 2.93. The van der Waals surface area contributed by atoms with Gasteiger partial charge in [0, 0.05) is 17.8 Å². The maximum Gasteiger partial charge on any atom is 0.251 e. The van der Waals surface area contributed by atoms with Crippen LogP contribution in [0.1, 0.15) is 51.0 Å². The number of aromatic nitrogens is 2. The monoisotopic (exact) mass is 279 g/mol. The lowest BCUT2D eigenvalue weighted by Crippen LogP contribution is -2.46. The molecule has 1 aliphatic heterocycles. The molecule has 0 bridgehead atoms. The second-order valence-corrected chi connectivity index (χ2v) is 5.55. The number of hydrogen-bond acceptors (Lipinski definition) is 4. The molecule has 5 nitrogen and oxygen atoms in total. The molecule has 0 saturated carbocycles. The number of aryl methyl sites for hydroxylation is 1. The minimum Gasteiger partial charge on any atom is -0.392 e. The van der Waals surface area contributed by atoms with Crippen LogP contribution >= 0.6 is 0 Å². The summed E-state index contributed by atoms with van der Waals surface area (Å²) in [5.41, 5.74) is 0.741. The lowest BCUT2D eigenvalue weighted by Gasteiger charge is -2.37. The van der Waals surface area contributed by atoms with E-state index in [1.807, 2.05) is 13.8 Å². The minimum atomic E-state index is -0.295. The fourth-order valence-corrected chi connectivity index (χ4v) is 2.93. The van der Waals surface area contributed by atoms with E-state index in [1.165, 1.54) is 0 Å². The Morgan fingerprint density at radius 2 is 2.30 bits per heavy atom. The van der Waals surface area contributed by atoms with Crippen molar-refractivity contribution in [1.82, 2.24) is 14.9 Å². The van der Waals surface area contributed by atoms with Crippen molar-refractivity contribution in [2.45, 2.75) is 64.6 Å². The van der Waals surface area contributed by atoms with Crippen molar-refractivity contribution in [1.29, 1.82) is 0 Å². The van der Waals surface area contributed by atoms with Crippen LogP contribution in [-0.2, 0) is 13.0 Å². The SMILES string of the molecule is CCc1cc(=O)[nH]c(CN2CCCCC2C(O)CC)n1. The number of aliphatic hydroxyl groups excluding tert-OH is 1. The van der Waals surface area contributed by atoms with Gasteiger partial charge in [-0.2, -0.15) is 0 Å². The van der Waals surface area contributed by atoms with Gasteiger partial charge in [0.25, 0.3) is 5.56 Å². The number of rotatable bonds is 5. The van der Waals surface area contributed by atoms with Crippen LogP contribution in [0.25, 0.3) is 0 Å². The summed E-state index contributed by atoms with van der Waals surface area (Å²) in [6.45, 7) is 5.58. The van der Waals surface area contributed by atoms with Gasteiger partial charge in [0.15, 0.2) is 0 Å². The average Bonchev–Trinajstić information content (AvgIpc) is 2.46. The molecule has 1 saturated heterocycles. The van der Waals surface area contributed by atoms with E-state index in [9.17, 15) is 9.90 Å². The third-order valence-corrected chi connectivity index (χ3v) is 4.09. The Balaban J connectivity index is 2.14. The lowest BCUT2D eigenvalue weighted by atomic mass is 9.96. The van der Waals surface area contributed by atoms with Gasteiger partial charge in [-0.25, -0.2) is 4.98 Å². The number of H-pyrrole nitrogens is 1. The molecule has 20 heavy (non-hydrogen) atoms. The van der Waals surface area contributed by atoms with E-state index in [1.54, 1.807) is 6.07 Å². The molecule has 0 spiro atoms. The number of nitrogens with zero attached hydrogens (tertiary/aromatic N) is 2. The highest BCUT2D eigenvalue weighted by Gasteiger charge is 2.28. The van der Waals surface area contributed by atoms with Crippen molar-refractivity contribution in [3.8, 4) is 0 Å². The van der Waals surface area contributed by atoms with Gasteiger partial charge in [0.1, 0.15) is 5.82 Å². The van der Waals surface area contributed by atoms with E-state index < -0.39 is 0 Å². The van der Waals surface area contributed by atoms with Crippen LogP contribution < -0.4 is 5.56 Å². The average molecular weight is 279 g/mol. The van der Waals surface area contributed by atoms with Gasteiger partial charge in [-0.1, -0.05) is 20.3 Å². The molecule has 2 unspecified atom stereocenters. The number of nitrogens with one attached hydrogen (secondary N) is 1. The van der Waals surface area contributed by atoms with Gasteiger partial charge in [-0.15, -0.1) is 0 Å². The largest absolute Gasteiger partial charge is 0.392 e. The summed E-state index contributed by atoms with van der Waals surface area (Å²) in [5, 5.41) is 10.2. The van der Waals surface area contributed by atoms with Crippen LogP contribution in [0.15, 0.2) is 10.9 Å². The quantitative estimate of drug-likeness (QED) is 0.856. The summed E-state index contributed by atoms with van der Waals surface area (Å²) in [7, 11) is 0. The first-order valence-electron chi connectivity index (χ1n) is 7.65. The molecule has 0 aliphatic carbocycles. The van der Waals surface area contributed by atoms with Crippen LogP contribution in [0.4, 0.5) is 0 Å². The standard InChI is InChI=1S/C15H25N3O2/c1-3-11-9-15(20)17-14(16-11)10-18-8-6-5-7-12(18)13(19)4-2/h9,12-13,19H,3-8,10H2,1-2H3,(H,16,17,20). The Morgan fingerprint density at radius 3 is 3.00 bits per heavy atom. The van der Waals surface area contributed by atoms with Crippen LogP contribution in [0.3, 0.4) is 0 Å². The highest BCUT2D eigenvalue weighted by Crippen LogP contribution is 2.22. The molecule has 0 amide bonds. The Labute approximate surface area is 120 Å². The molecule has 0 radical (unpaired) electrons. The molecular formula is C15H25N3O2. The molecule has 2 atom stereocenters. The number of piperidine rings is 1. The molecule has 0 aromatic carbocycles. The Hall–Kier alpha value is -1.20. The number of aliphatic hydroxyl groups is 1. The van der Waals surface area contributed by atoms with Gasteiger partial charge in [-0.3, -0.25) is 9.69 Å². The Morgan fingerprint density at radius 1 is 1.50 bits per heavy atom. The van der Waals surface area contributed by atoms with Crippen molar-refractivity contribution in [2.24, 2.45) is 0 Å². The normalized spacial score (nSPS) is 21.9. The first kappa shape index (κ1) is 15.2. The first-order valence-corrected chi connectivity index (χ1v) is 7.65. The van der Waals surface area contributed by atoms with Crippen LogP contribution in [-0.4, -0.2) is 38.7 Å². The zero-order valence-corrected chi connectivity index (χ0v) is 12.4. The van der Waals surface area contributed by atoms with Gasteiger partial charge in [0.05, 0.1) is 12.6 Å². The second kappa shape index (κ2) is 6.99. The summed E-state index contributed by atoms with van der Waals surface area (Å²) in [6, 6.07) is 1.74. The predicted octanol–water partition coefficient (Wildman–Crippen LogP) is 1.46. The third-order valence-electron chi connectivity index (χ3n) is 4.09. The van der Waals surface area contributed by atoms with Crippen LogP contribution in [0, 0.1) is 0 Å². The zero-order chi connectivity index (χ0) is 14.5. The van der Waals surface area contributed by atoms with Crippen molar-refractivity contribution in [3.05, 3.63) is 27.9 Å². The van der Waals surface area contributed by atoms with Gasteiger partial charge in [-0.05, 0) is 32.2 Å². The highest BCUT2D eigenvalue weighted by atomic mass is 16.3. The van der Waals surface area contributed by atoms with Crippen molar-refractivity contribution in [3.63, 3.8) is 0 Å². The van der Waals surface area contributed by atoms with Crippen molar-refractivity contribution >= 4 is 0 Å². The molecule has 2 heterocycles. The molecule has 1 fully saturated rings. The van der Waals surface area contributed by atoms with E-state index in [-0.39, 0.29) is 17.7 Å². The third kappa shape index (κ3) is 3.67. The van der Waals surface area contributed by atoms with Crippen molar-refractivity contribution < 1.29 is 5.11 Å². The minimum absolute atomic E-state index is 0.0866. The molecule has 112 valence electrons. The predicted molar refractivity (Wildman–Crippen MR) is 78.6 cm³/mol. The van der Waals surface area contributed by atoms with Gasteiger partial charge < -0.3 is 10.1 Å². The Kier molecular flexibility index (Phi) is 5.31. The van der Waals surface area contributed by atoms with Crippen molar-refractivity contribution in [2.75, 3.05) is 6.54 Å². The molecule has 1 aromatic heterocycles. The Bertz CT molecular complexity index is 486. The van der Waals surface area contributed by atoms with E-state index in [0.717, 1.165) is 44.3 Å². The van der Waals surface area contributed by atoms with E-state index in [0.29, 0.717) is 12.4 Å². The van der Waals surface area contributed by atoms with E-state index >= 15 is 0 Å². The molecule has 1 aliphatic rings. The van der Waals surface area contributed by atoms with Gasteiger partial charge >= 0.3 is 0 Å². The molecule has 5 heteroatoms. The highest BCUT2D eigenvalue weighted by molar-refractivity contribution is 5.03. The molecular weight excluding hydrogens is 254 g/mol. The first-order chi connectivity index (χ1) is 9.63. The second-order valence-electron chi connectivity index (χ2n) is 5.55. The number of hydrogen-bond donors (Lipinski definition) is 2. The molecule has 1 aromatic rings. The maximum absolute atomic E-state index is 11.6. The summed E-state index contributed by atoms with van der Waals surface area (Å²) < 4.78 is 0. The summed E-state index contributed by atoms with van der Waals surface area (Å²) in [5.74, 6) is 0.713. The van der Waals surface area contributed by atoms with E-state index in [2.05, 4.69) is 14.9 Å². The summed E-state index contributed by atoms with van der Waals surface area (Å²) in [4.78, 5) is 21.2. The van der Waals surface area contributed by atoms with Crippen LogP contribution in [0.5, 0.6) is 0 Å². The maximum atomic E-state index is 11.6. The van der Waals surface area contributed by atoms with Gasteiger partial charge in [0.2, 0.25) is 0 Å². The zero-order valence-electron chi connectivity index (χ0n) is 12.4. The number of likely N-dealkylation sites (tertiary alicyclic amines) is 1. The number of aromatic amines is 1. The summed E-state index contributed by atoms with van der Waals surface area (Å²) in [6.07, 6.45) is 4.56.